The molecule has 0 aromatic heterocycles. The highest BCUT2D eigenvalue weighted by Crippen LogP contribution is 2.35. The summed E-state index contributed by atoms with van der Waals surface area (Å²) in [5.41, 5.74) is 1.20. The maximum absolute atomic E-state index is 12.3. The van der Waals surface area contributed by atoms with E-state index in [1.807, 2.05) is 24.1 Å². The molecule has 3 rings (SSSR count). The van der Waals surface area contributed by atoms with Gasteiger partial charge >= 0.3 is 0 Å². The van der Waals surface area contributed by atoms with Gasteiger partial charge in [-0.15, -0.1) is 0 Å². The zero-order chi connectivity index (χ0) is 17.0. The van der Waals surface area contributed by atoms with Crippen molar-refractivity contribution >= 4 is 21.8 Å². The zero-order valence-electron chi connectivity index (χ0n) is 14.1. The Labute approximate surface area is 151 Å². The van der Waals surface area contributed by atoms with Gasteiger partial charge in [0.15, 0.2) is 5.79 Å². The van der Waals surface area contributed by atoms with Gasteiger partial charge in [-0.25, -0.2) is 0 Å². The maximum Gasteiger partial charge on any atom is 0.234 e. The number of nitrogens with one attached hydrogen (secondary N) is 1. The van der Waals surface area contributed by atoms with Gasteiger partial charge in [0.05, 0.1) is 19.8 Å². The van der Waals surface area contributed by atoms with Crippen LogP contribution < -0.4 is 5.32 Å². The number of benzene rings is 1. The second-order valence-electron chi connectivity index (χ2n) is 6.75. The first-order valence-electron chi connectivity index (χ1n) is 8.55. The Kier molecular flexibility index (Phi) is 5.92. The first-order chi connectivity index (χ1) is 11.5. The topological polar surface area (TPSA) is 50.8 Å². The van der Waals surface area contributed by atoms with Crippen molar-refractivity contribution in [2.45, 2.75) is 44.1 Å². The molecule has 0 radical (unpaired) electrons. The summed E-state index contributed by atoms with van der Waals surface area (Å²) in [6.45, 7) is 2.55. The molecule has 1 aliphatic heterocycles. The minimum Gasteiger partial charge on any atom is -0.352 e. The highest BCUT2D eigenvalue weighted by atomic mass is 79.9. The van der Waals surface area contributed by atoms with E-state index in [9.17, 15) is 4.79 Å². The van der Waals surface area contributed by atoms with Gasteiger partial charge in [-0.05, 0) is 37.6 Å². The van der Waals surface area contributed by atoms with Crippen molar-refractivity contribution in [1.82, 2.24) is 10.2 Å². The Morgan fingerprint density at radius 2 is 1.88 bits per heavy atom. The highest BCUT2D eigenvalue weighted by Gasteiger charge is 2.40. The van der Waals surface area contributed by atoms with Crippen LogP contribution in [0.1, 0.15) is 31.2 Å². The normalized spacial score (nSPS) is 20.6. The van der Waals surface area contributed by atoms with E-state index in [1.54, 1.807) is 0 Å². The van der Waals surface area contributed by atoms with E-state index in [-0.39, 0.29) is 17.7 Å². The van der Waals surface area contributed by atoms with Crippen LogP contribution in [-0.4, -0.2) is 49.4 Å². The molecule has 1 aromatic carbocycles. The Morgan fingerprint density at radius 1 is 1.25 bits per heavy atom. The Balaban J connectivity index is 1.40. The van der Waals surface area contributed by atoms with Crippen LogP contribution in [0.4, 0.5) is 0 Å². The number of carbonyl (C=O) groups is 1. The van der Waals surface area contributed by atoms with Crippen molar-refractivity contribution in [3.8, 4) is 0 Å². The fourth-order valence-electron chi connectivity index (χ4n) is 3.46. The summed E-state index contributed by atoms with van der Waals surface area (Å²) in [6, 6.07) is 8.42. The third-order valence-electron chi connectivity index (χ3n) is 4.71. The highest BCUT2D eigenvalue weighted by molar-refractivity contribution is 9.10. The van der Waals surface area contributed by atoms with Crippen LogP contribution in [0, 0.1) is 0 Å². The lowest BCUT2D eigenvalue weighted by molar-refractivity contribution is -0.180. The summed E-state index contributed by atoms with van der Waals surface area (Å²) in [7, 11) is 1.97. The van der Waals surface area contributed by atoms with Crippen LogP contribution in [0.15, 0.2) is 28.7 Å². The first-order valence-corrected chi connectivity index (χ1v) is 9.34. The zero-order valence-corrected chi connectivity index (χ0v) is 15.7. The number of hydrogen-bond acceptors (Lipinski definition) is 4. The second kappa shape index (κ2) is 7.95. The summed E-state index contributed by atoms with van der Waals surface area (Å²) in [6.07, 6.45) is 3.57. The Bertz CT molecular complexity index is 548. The molecule has 2 fully saturated rings. The van der Waals surface area contributed by atoms with Gasteiger partial charge in [-0.3, -0.25) is 9.69 Å². The van der Waals surface area contributed by atoms with E-state index in [4.69, 9.17) is 9.47 Å². The summed E-state index contributed by atoms with van der Waals surface area (Å²) in [4.78, 5) is 14.3. The molecule has 0 unspecified atom stereocenters. The lowest BCUT2D eigenvalue weighted by atomic mass is 9.90. The average Bonchev–Trinajstić information content (AvgIpc) is 3.00. The molecule has 1 aliphatic carbocycles. The third kappa shape index (κ3) is 4.79. The molecule has 24 heavy (non-hydrogen) atoms. The maximum atomic E-state index is 12.3. The molecular formula is C18H25BrN2O3. The van der Waals surface area contributed by atoms with Crippen molar-refractivity contribution in [3.05, 3.63) is 34.3 Å². The molecular weight excluding hydrogens is 372 g/mol. The minimum atomic E-state index is -0.362. The van der Waals surface area contributed by atoms with Crippen molar-refractivity contribution in [3.63, 3.8) is 0 Å². The second-order valence-corrected chi connectivity index (χ2v) is 7.66. The monoisotopic (exact) mass is 396 g/mol. The number of hydrogen-bond donors (Lipinski definition) is 1. The quantitative estimate of drug-likeness (QED) is 0.830. The van der Waals surface area contributed by atoms with Gasteiger partial charge in [0.25, 0.3) is 0 Å². The minimum absolute atomic E-state index is 0.0869. The molecule has 1 aromatic rings. The van der Waals surface area contributed by atoms with Gasteiger partial charge in [0.1, 0.15) is 0 Å². The lowest BCUT2D eigenvalue weighted by Crippen LogP contribution is -2.46. The number of likely N-dealkylation sites (N-methyl/N-ethyl adjacent to an activating group) is 1. The smallest absolute Gasteiger partial charge is 0.234 e. The number of carbonyl (C=O) groups excluding carboxylic acids is 1. The molecule has 1 heterocycles. The Hall–Kier alpha value is -0.950. The molecule has 1 spiro atoms. The molecule has 132 valence electrons. The first kappa shape index (κ1) is 17.9. The van der Waals surface area contributed by atoms with Gasteiger partial charge < -0.3 is 14.8 Å². The van der Waals surface area contributed by atoms with Gasteiger partial charge in [0, 0.05) is 29.9 Å². The molecule has 6 heteroatoms. The summed E-state index contributed by atoms with van der Waals surface area (Å²) in [5, 5.41) is 3.15. The van der Waals surface area contributed by atoms with Crippen LogP contribution in [0.5, 0.6) is 0 Å². The molecule has 0 atom stereocenters. The van der Waals surface area contributed by atoms with Crippen molar-refractivity contribution in [2.24, 2.45) is 0 Å². The van der Waals surface area contributed by atoms with Crippen molar-refractivity contribution in [2.75, 3.05) is 26.8 Å². The largest absolute Gasteiger partial charge is 0.352 e. The molecule has 5 nitrogen and oxygen atoms in total. The summed E-state index contributed by atoms with van der Waals surface area (Å²) in [5.74, 6) is -0.275. The molecule has 1 saturated heterocycles. The van der Waals surface area contributed by atoms with E-state index in [2.05, 4.69) is 33.4 Å². The predicted molar refractivity (Wildman–Crippen MR) is 95.5 cm³/mol. The average molecular weight is 397 g/mol. The standard InChI is InChI=1S/C18H25BrN2O3/c1-21(12-14-2-4-15(19)5-3-14)13-17(22)20-16-6-8-18(9-7-16)23-10-11-24-18/h2-5,16H,6-13H2,1H3,(H,20,22). The van der Waals surface area contributed by atoms with Crippen LogP contribution in [-0.2, 0) is 20.8 Å². The lowest BCUT2D eigenvalue weighted by Gasteiger charge is -2.35. The van der Waals surface area contributed by atoms with E-state index in [0.29, 0.717) is 19.8 Å². The number of nitrogens with zero attached hydrogens (tertiary/aromatic N) is 1. The molecule has 1 saturated carbocycles. The van der Waals surface area contributed by atoms with E-state index < -0.39 is 0 Å². The van der Waals surface area contributed by atoms with Crippen LogP contribution in [0.25, 0.3) is 0 Å². The summed E-state index contributed by atoms with van der Waals surface area (Å²) < 4.78 is 12.5. The predicted octanol–water partition coefficient (Wildman–Crippen LogP) is 2.68. The number of amides is 1. The van der Waals surface area contributed by atoms with E-state index >= 15 is 0 Å². The molecule has 1 amide bonds. The molecule has 0 bridgehead atoms. The third-order valence-corrected chi connectivity index (χ3v) is 5.23. The fourth-order valence-corrected chi connectivity index (χ4v) is 3.73. The van der Waals surface area contributed by atoms with Gasteiger partial charge in [-0.2, -0.15) is 0 Å². The SMILES string of the molecule is CN(CC(=O)NC1CCC2(CC1)OCCO2)Cc1ccc(Br)cc1. The number of halogens is 1. The number of rotatable bonds is 5. The Morgan fingerprint density at radius 3 is 2.50 bits per heavy atom. The van der Waals surface area contributed by atoms with Crippen LogP contribution in [0.3, 0.4) is 0 Å². The summed E-state index contributed by atoms with van der Waals surface area (Å²) >= 11 is 3.43. The van der Waals surface area contributed by atoms with Gasteiger partial charge in [0.2, 0.25) is 5.91 Å². The molecule has 1 N–H and O–H groups in total. The van der Waals surface area contributed by atoms with E-state index in [0.717, 1.165) is 36.7 Å². The molecule has 2 aliphatic rings. The van der Waals surface area contributed by atoms with Gasteiger partial charge in [-0.1, -0.05) is 28.1 Å². The van der Waals surface area contributed by atoms with Crippen molar-refractivity contribution in [1.29, 1.82) is 0 Å². The van der Waals surface area contributed by atoms with E-state index in [1.165, 1.54) is 5.56 Å². The fraction of sp³-hybridized carbons (Fsp3) is 0.611. The van der Waals surface area contributed by atoms with Crippen LogP contribution >= 0.6 is 15.9 Å². The van der Waals surface area contributed by atoms with Crippen molar-refractivity contribution < 1.29 is 14.3 Å². The van der Waals surface area contributed by atoms with Crippen LogP contribution in [0.2, 0.25) is 0 Å². The number of ether oxygens (including phenoxy) is 2.